The van der Waals surface area contributed by atoms with Gasteiger partial charge >= 0.3 is 6.18 Å². The molecule has 0 bridgehead atoms. The molecule has 3 aromatic rings. The summed E-state index contributed by atoms with van der Waals surface area (Å²) in [6, 6.07) is 14.2. The molecule has 188 valence electrons. The first-order valence-corrected chi connectivity index (χ1v) is 13.2. The van der Waals surface area contributed by atoms with E-state index in [1.165, 1.54) is 40.7 Å². The number of halogens is 4. The largest absolute Gasteiger partial charge is 0.421 e. The molecule has 4 rings (SSSR count). The number of aliphatic hydroxyl groups is 1. The minimum absolute atomic E-state index is 0.152. The van der Waals surface area contributed by atoms with Crippen LogP contribution in [0, 0.1) is 5.82 Å². The third kappa shape index (κ3) is 5.23. The number of sulfonamides is 1. The molecule has 2 aromatic carbocycles. The second-order valence-electron chi connectivity index (χ2n) is 8.59. The number of alkyl halides is 3. The number of piperazine rings is 1. The second kappa shape index (κ2) is 9.53. The SMILES string of the molecule is CC(O)(c1ccc(N2CCN(S(=O)(=O)c3cccs3)C[C@@H]2Cc2ccc(F)cc2)cc1)C(F)(F)F. The lowest BCUT2D eigenvalue weighted by Crippen LogP contribution is -2.55. The highest BCUT2D eigenvalue weighted by molar-refractivity contribution is 7.91. The van der Waals surface area contributed by atoms with E-state index in [2.05, 4.69) is 0 Å². The van der Waals surface area contributed by atoms with Crippen LogP contribution in [0.3, 0.4) is 0 Å². The van der Waals surface area contributed by atoms with E-state index in [-0.39, 0.29) is 34.7 Å². The Labute approximate surface area is 205 Å². The third-order valence-corrected chi connectivity index (χ3v) is 9.47. The van der Waals surface area contributed by atoms with Crippen molar-refractivity contribution in [2.75, 3.05) is 24.5 Å². The summed E-state index contributed by atoms with van der Waals surface area (Å²) in [6.45, 7) is 1.36. The van der Waals surface area contributed by atoms with Gasteiger partial charge in [0.05, 0.1) is 0 Å². The van der Waals surface area contributed by atoms with E-state index in [0.29, 0.717) is 25.6 Å². The second-order valence-corrected chi connectivity index (χ2v) is 11.7. The van der Waals surface area contributed by atoms with Crippen molar-refractivity contribution >= 4 is 27.0 Å². The van der Waals surface area contributed by atoms with Gasteiger partial charge in [-0.1, -0.05) is 30.3 Å². The Morgan fingerprint density at radius 2 is 1.69 bits per heavy atom. The van der Waals surface area contributed by atoms with E-state index in [1.54, 1.807) is 29.6 Å². The lowest BCUT2D eigenvalue weighted by atomic mass is 9.94. The number of anilines is 1. The number of thiophene rings is 1. The van der Waals surface area contributed by atoms with Crippen LogP contribution >= 0.6 is 11.3 Å². The Bertz CT molecular complexity index is 1240. The zero-order valence-electron chi connectivity index (χ0n) is 18.7. The summed E-state index contributed by atoms with van der Waals surface area (Å²) in [5.74, 6) is -0.386. The lowest BCUT2D eigenvalue weighted by Gasteiger charge is -2.42. The standard InChI is InChI=1S/C24H24F4N2O3S2/c1-23(31,24(26,27)28)18-6-10-20(11-7-18)30-13-12-29(35(32,33)22-3-2-14-34-22)16-21(30)15-17-4-8-19(25)9-5-17/h2-11,14,21,31H,12-13,15-16H2,1H3/t21-,23?/m0/s1. The molecule has 11 heteroatoms. The highest BCUT2D eigenvalue weighted by Crippen LogP contribution is 2.39. The Kier molecular flexibility index (Phi) is 6.98. The fourth-order valence-electron chi connectivity index (χ4n) is 4.13. The van der Waals surface area contributed by atoms with Crippen molar-refractivity contribution in [2.24, 2.45) is 0 Å². The van der Waals surface area contributed by atoms with Crippen LogP contribution in [0.25, 0.3) is 0 Å². The lowest BCUT2D eigenvalue weighted by molar-refractivity contribution is -0.258. The van der Waals surface area contributed by atoms with Gasteiger partial charge in [0.2, 0.25) is 0 Å². The van der Waals surface area contributed by atoms with Gasteiger partial charge in [0.25, 0.3) is 10.0 Å². The maximum absolute atomic E-state index is 13.4. The van der Waals surface area contributed by atoms with Crippen LogP contribution in [0.4, 0.5) is 23.2 Å². The van der Waals surface area contributed by atoms with Gasteiger partial charge in [0, 0.05) is 31.4 Å². The molecule has 0 aliphatic carbocycles. The Morgan fingerprint density at radius 3 is 2.26 bits per heavy atom. The number of hydrogen-bond acceptors (Lipinski definition) is 5. The Morgan fingerprint density at radius 1 is 1.03 bits per heavy atom. The zero-order valence-corrected chi connectivity index (χ0v) is 20.4. The van der Waals surface area contributed by atoms with Crippen LogP contribution in [0.5, 0.6) is 0 Å². The molecule has 5 nitrogen and oxygen atoms in total. The average molecular weight is 529 g/mol. The van der Waals surface area contributed by atoms with Crippen molar-refractivity contribution in [2.45, 2.75) is 35.4 Å². The number of rotatable bonds is 6. The van der Waals surface area contributed by atoms with Crippen LogP contribution in [-0.4, -0.2) is 49.7 Å². The predicted molar refractivity (Wildman–Crippen MR) is 126 cm³/mol. The molecule has 1 fully saturated rings. The first-order valence-electron chi connectivity index (χ1n) is 10.8. The molecular weight excluding hydrogens is 504 g/mol. The van der Waals surface area contributed by atoms with Gasteiger partial charge < -0.3 is 10.0 Å². The fourth-order valence-corrected chi connectivity index (χ4v) is 6.74. The first-order chi connectivity index (χ1) is 16.4. The minimum Gasteiger partial charge on any atom is -0.376 e. The molecule has 1 aliphatic heterocycles. The van der Waals surface area contributed by atoms with E-state index in [4.69, 9.17) is 0 Å². The number of hydrogen-bond donors (Lipinski definition) is 1. The molecule has 1 unspecified atom stereocenters. The number of nitrogens with zero attached hydrogens (tertiary/aromatic N) is 2. The van der Waals surface area contributed by atoms with Crippen LogP contribution in [0.15, 0.2) is 70.3 Å². The van der Waals surface area contributed by atoms with Gasteiger partial charge in [-0.05, 0) is 60.2 Å². The number of benzene rings is 2. The van der Waals surface area contributed by atoms with Gasteiger partial charge in [-0.25, -0.2) is 12.8 Å². The van der Waals surface area contributed by atoms with Crippen molar-refractivity contribution in [3.63, 3.8) is 0 Å². The molecule has 2 heterocycles. The first kappa shape index (κ1) is 25.6. The summed E-state index contributed by atoms with van der Waals surface area (Å²) in [5.41, 5.74) is -1.88. The Balaban J connectivity index is 1.63. The summed E-state index contributed by atoms with van der Waals surface area (Å²) in [5, 5.41) is 11.7. The van der Waals surface area contributed by atoms with Gasteiger partial charge in [-0.2, -0.15) is 17.5 Å². The molecule has 1 saturated heterocycles. The highest BCUT2D eigenvalue weighted by atomic mass is 32.2. The fraction of sp³-hybridized carbons (Fsp3) is 0.333. The van der Waals surface area contributed by atoms with Crippen LogP contribution in [-0.2, 0) is 22.0 Å². The smallest absolute Gasteiger partial charge is 0.376 e. The molecular formula is C24H24F4N2O3S2. The third-order valence-electron chi connectivity index (χ3n) is 6.23. The summed E-state index contributed by atoms with van der Waals surface area (Å²) in [4.78, 5) is 1.94. The molecule has 1 aromatic heterocycles. The summed E-state index contributed by atoms with van der Waals surface area (Å²) in [6.07, 6.45) is -4.43. The quantitative estimate of drug-likeness (QED) is 0.468. The predicted octanol–water partition coefficient (Wildman–Crippen LogP) is 4.78. The summed E-state index contributed by atoms with van der Waals surface area (Å²) in [7, 11) is -3.69. The molecule has 0 spiro atoms. The van der Waals surface area contributed by atoms with Crippen LogP contribution in [0.1, 0.15) is 18.1 Å². The minimum atomic E-state index is -4.83. The van der Waals surface area contributed by atoms with Gasteiger partial charge in [-0.3, -0.25) is 0 Å². The molecule has 0 amide bonds. The van der Waals surface area contributed by atoms with E-state index in [0.717, 1.165) is 16.9 Å². The van der Waals surface area contributed by atoms with Crippen molar-refractivity contribution in [3.05, 3.63) is 83.0 Å². The van der Waals surface area contributed by atoms with E-state index >= 15 is 0 Å². The molecule has 0 radical (unpaired) electrons. The topological polar surface area (TPSA) is 60.9 Å². The molecule has 0 saturated carbocycles. The monoisotopic (exact) mass is 528 g/mol. The van der Waals surface area contributed by atoms with Gasteiger partial charge in [0.1, 0.15) is 10.0 Å². The van der Waals surface area contributed by atoms with Crippen molar-refractivity contribution in [1.82, 2.24) is 4.31 Å². The van der Waals surface area contributed by atoms with E-state index < -0.39 is 21.8 Å². The Hall–Kier alpha value is -2.47. The van der Waals surface area contributed by atoms with E-state index in [1.807, 2.05) is 4.90 Å². The summed E-state index contributed by atoms with van der Waals surface area (Å²) < 4.78 is 81.0. The molecule has 35 heavy (non-hydrogen) atoms. The van der Waals surface area contributed by atoms with Crippen molar-refractivity contribution in [3.8, 4) is 0 Å². The zero-order chi connectivity index (χ0) is 25.4. The molecule has 2 atom stereocenters. The molecule has 1 N–H and O–H groups in total. The van der Waals surface area contributed by atoms with Gasteiger partial charge in [-0.15, -0.1) is 11.3 Å². The molecule has 1 aliphatic rings. The highest BCUT2D eigenvalue weighted by Gasteiger charge is 2.51. The normalized spacial score (nSPS) is 19.5. The van der Waals surface area contributed by atoms with Crippen LogP contribution < -0.4 is 4.90 Å². The average Bonchev–Trinajstić information content (AvgIpc) is 3.36. The van der Waals surface area contributed by atoms with Crippen LogP contribution in [0.2, 0.25) is 0 Å². The summed E-state index contributed by atoms with van der Waals surface area (Å²) >= 11 is 1.13. The maximum Gasteiger partial charge on any atom is 0.421 e. The van der Waals surface area contributed by atoms with Gasteiger partial charge in [0.15, 0.2) is 5.60 Å². The van der Waals surface area contributed by atoms with Crippen molar-refractivity contribution in [1.29, 1.82) is 0 Å². The van der Waals surface area contributed by atoms with E-state index in [9.17, 15) is 31.1 Å². The maximum atomic E-state index is 13.4. The van der Waals surface area contributed by atoms with Crippen molar-refractivity contribution < 1.29 is 31.1 Å².